The number of phenols is 1. The van der Waals surface area contributed by atoms with Crippen LogP contribution in [-0.2, 0) is 5.66 Å². The lowest BCUT2D eigenvalue weighted by molar-refractivity contribution is 0.281. The van der Waals surface area contributed by atoms with Gasteiger partial charge in [0.1, 0.15) is 16.4 Å². The Kier molecular flexibility index (Phi) is 2.40. The van der Waals surface area contributed by atoms with Gasteiger partial charge in [-0.05, 0) is 17.7 Å². The Labute approximate surface area is 122 Å². The smallest absolute Gasteiger partial charge is 0.145 e. The standard InChI is InChI=1S/C16H14N2OS/c19-12-7-5-11(6-8-12)16-14-4-2-1-3-13(14)15(20)18(16)10-9-17-16/h1-8,17,19H,9-10H2. The van der Waals surface area contributed by atoms with Gasteiger partial charge in [0.15, 0.2) is 0 Å². The van der Waals surface area contributed by atoms with Crippen LogP contribution in [0.4, 0.5) is 0 Å². The molecule has 4 heteroatoms. The molecule has 0 aromatic heterocycles. The van der Waals surface area contributed by atoms with Gasteiger partial charge in [0.05, 0.1) is 0 Å². The first-order valence-corrected chi connectivity index (χ1v) is 7.10. The summed E-state index contributed by atoms with van der Waals surface area (Å²) < 4.78 is 0. The van der Waals surface area contributed by atoms with E-state index in [2.05, 4.69) is 22.3 Å². The van der Waals surface area contributed by atoms with Crippen molar-refractivity contribution in [1.29, 1.82) is 0 Å². The van der Waals surface area contributed by atoms with E-state index in [9.17, 15) is 5.11 Å². The molecule has 1 fully saturated rings. The van der Waals surface area contributed by atoms with Crippen LogP contribution in [0.3, 0.4) is 0 Å². The van der Waals surface area contributed by atoms with Gasteiger partial charge in [0.25, 0.3) is 0 Å². The molecule has 0 aliphatic carbocycles. The molecule has 3 nitrogen and oxygen atoms in total. The van der Waals surface area contributed by atoms with Gasteiger partial charge >= 0.3 is 0 Å². The highest BCUT2D eigenvalue weighted by atomic mass is 32.1. The average molecular weight is 282 g/mol. The molecule has 0 saturated carbocycles. The fraction of sp³-hybridized carbons (Fsp3) is 0.188. The number of rotatable bonds is 1. The molecule has 20 heavy (non-hydrogen) atoms. The number of nitrogens with zero attached hydrogens (tertiary/aromatic N) is 1. The highest BCUT2D eigenvalue weighted by molar-refractivity contribution is 7.80. The highest BCUT2D eigenvalue weighted by Gasteiger charge is 2.51. The number of aromatic hydroxyl groups is 1. The number of benzene rings is 2. The third-order valence-electron chi connectivity index (χ3n) is 4.20. The molecule has 2 aliphatic heterocycles. The molecule has 2 heterocycles. The lowest BCUT2D eigenvalue weighted by Gasteiger charge is -2.34. The number of hydrogen-bond acceptors (Lipinski definition) is 3. The van der Waals surface area contributed by atoms with E-state index in [-0.39, 0.29) is 11.4 Å². The lowest BCUT2D eigenvalue weighted by atomic mass is 9.91. The van der Waals surface area contributed by atoms with Crippen molar-refractivity contribution < 1.29 is 5.11 Å². The first-order chi connectivity index (χ1) is 9.73. The summed E-state index contributed by atoms with van der Waals surface area (Å²) in [5.41, 5.74) is 3.07. The van der Waals surface area contributed by atoms with Gasteiger partial charge < -0.3 is 10.0 Å². The van der Waals surface area contributed by atoms with E-state index in [1.807, 2.05) is 24.3 Å². The van der Waals surface area contributed by atoms with Crippen LogP contribution in [0.15, 0.2) is 48.5 Å². The van der Waals surface area contributed by atoms with Gasteiger partial charge in [-0.3, -0.25) is 5.32 Å². The van der Waals surface area contributed by atoms with Crippen molar-refractivity contribution in [2.75, 3.05) is 13.1 Å². The maximum absolute atomic E-state index is 9.53. The van der Waals surface area contributed by atoms with Crippen molar-refractivity contribution >= 4 is 17.2 Å². The summed E-state index contributed by atoms with van der Waals surface area (Å²) in [6.45, 7) is 1.80. The van der Waals surface area contributed by atoms with Crippen LogP contribution in [0, 0.1) is 0 Å². The Balaban J connectivity index is 1.99. The molecule has 1 unspecified atom stereocenters. The number of nitrogens with one attached hydrogen (secondary N) is 1. The van der Waals surface area contributed by atoms with Crippen molar-refractivity contribution in [3.63, 3.8) is 0 Å². The molecule has 0 amide bonds. The zero-order valence-corrected chi connectivity index (χ0v) is 11.7. The van der Waals surface area contributed by atoms with Crippen LogP contribution in [0.5, 0.6) is 5.75 Å². The van der Waals surface area contributed by atoms with Gasteiger partial charge in [0, 0.05) is 24.2 Å². The van der Waals surface area contributed by atoms with Crippen LogP contribution < -0.4 is 5.32 Å². The summed E-state index contributed by atoms with van der Waals surface area (Å²) in [6, 6.07) is 15.7. The molecule has 2 N–H and O–H groups in total. The van der Waals surface area contributed by atoms with Crippen molar-refractivity contribution in [3.8, 4) is 5.75 Å². The highest BCUT2D eigenvalue weighted by Crippen LogP contribution is 2.44. The Morgan fingerprint density at radius 2 is 1.85 bits per heavy atom. The molecule has 1 saturated heterocycles. The predicted octanol–water partition coefficient (Wildman–Crippen LogP) is 2.19. The molecule has 1 atom stereocenters. The summed E-state index contributed by atoms with van der Waals surface area (Å²) in [6.07, 6.45) is 0. The largest absolute Gasteiger partial charge is 0.508 e. The first-order valence-electron chi connectivity index (χ1n) is 6.69. The Bertz CT molecular complexity index is 698. The van der Waals surface area contributed by atoms with Gasteiger partial charge in [-0.15, -0.1) is 0 Å². The predicted molar refractivity (Wildman–Crippen MR) is 81.7 cm³/mol. The van der Waals surface area contributed by atoms with Crippen molar-refractivity contribution in [1.82, 2.24) is 10.2 Å². The molecule has 4 rings (SSSR count). The molecule has 100 valence electrons. The summed E-state index contributed by atoms with van der Waals surface area (Å²) in [5.74, 6) is 0.281. The molecular weight excluding hydrogens is 268 g/mol. The number of thiocarbonyl (C=S) groups is 1. The second-order valence-electron chi connectivity index (χ2n) is 5.19. The number of phenolic OH excluding ortho intramolecular Hbond substituents is 1. The van der Waals surface area contributed by atoms with Crippen LogP contribution in [0.25, 0.3) is 0 Å². The maximum Gasteiger partial charge on any atom is 0.145 e. The second kappa shape index (κ2) is 4.04. The van der Waals surface area contributed by atoms with Gasteiger partial charge in [-0.1, -0.05) is 48.6 Å². The van der Waals surface area contributed by atoms with Gasteiger partial charge in [0.2, 0.25) is 0 Å². The zero-order chi connectivity index (χ0) is 13.7. The van der Waals surface area contributed by atoms with E-state index < -0.39 is 0 Å². The number of fused-ring (bicyclic) bond motifs is 3. The van der Waals surface area contributed by atoms with Crippen LogP contribution in [-0.4, -0.2) is 28.1 Å². The molecule has 0 radical (unpaired) electrons. The lowest BCUT2D eigenvalue weighted by Crippen LogP contribution is -2.46. The maximum atomic E-state index is 9.53. The van der Waals surface area contributed by atoms with Crippen LogP contribution in [0.2, 0.25) is 0 Å². The average Bonchev–Trinajstić information content (AvgIpc) is 3.01. The van der Waals surface area contributed by atoms with E-state index in [0.717, 1.165) is 29.2 Å². The molecule has 0 bridgehead atoms. The van der Waals surface area contributed by atoms with E-state index >= 15 is 0 Å². The van der Waals surface area contributed by atoms with Gasteiger partial charge in [-0.25, -0.2) is 0 Å². The van der Waals surface area contributed by atoms with E-state index in [1.54, 1.807) is 12.1 Å². The van der Waals surface area contributed by atoms with Gasteiger partial charge in [-0.2, -0.15) is 0 Å². The summed E-state index contributed by atoms with van der Waals surface area (Å²) >= 11 is 5.65. The normalized spacial score (nSPS) is 23.8. The van der Waals surface area contributed by atoms with Crippen molar-refractivity contribution in [2.45, 2.75) is 5.66 Å². The molecule has 0 spiro atoms. The fourth-order valence-electron chi connectivity index (χ4n) is 3.35. The van der Waals surface area contributed by atoms with Crippen molar-refractivity contribution in [3.05, 3.63) is 65.2 Å². The Morgan fingerprint density at radius 3 is 2.65 bits per heavy atom. The molecule has 2 aromatic rings. The third kappa shape index (κ3) is 1.35. The van der Waals surface area contributed by atoms with E-state index in [0.29, 0.717) is 0 Å². The van der Waals surface area contributed by atoms with Crippen LogP contribution >= 0.6 is 12.2 Å². The molecule has 2 aliphatic rings. The first kappa shape index (κ1) is 11.9. The van der Waals surface area contributed by atoms with Crippen molar-refractivity contribution in [2.24, 2.45) is 0 Å². The Hall–Kier alpha value is -1.91. The second-order valence-corrected chi connectivity index (χ2v) is 5.57. The summed E-state index contributed by atoms with van der Waals surface area (Å²) in [5, 5.41) is 13.1. The fourth-order valence-corrected chi connectivity index (χ4v) is 3.76. The minimum absolute atomic E-state index is 0.281. The SMILES string of the molecule is Oc1ccc(C23NCCN2C(=S)c2ccccc23)cc1. The Morgan fingerprint density at radius 1 is 1.10 bits per heavy atom. The molecule has 2 aromatic carbocycles. The van der Waals surface area contributed by atoms with Crippen LogP contribution in [0.1, 0.15) is 16.7 Å². The molecular formula is C16H14N2OS. The van der Waals surface area contributed by atoms with E-state index in [4.69, 9.17) is 12.2 Å². The number of hydrogen-bond donors (Lipinski definition) is 2. The monoisotopic (exact) mass is 282 g/mol. The topological polar surface area (TPSA) is 35.5 Å². The van der Waals surface area contributed by atoms with E-state index in [1.165, 1.54) is 5.56 Å². The summed E-state index contributed by atoms with van der Waals surface area (Å²) in [7, 11) is 0. The summed E-state index contributed by atoms with van der Waals surface area (Å²) in [4.78, 5) is 3.15. The minimum Gasteiger partial charge on any atom is -0.508 e. The minimum atomic E-state index is -0.374. The zero-order valence-electron chi connectivity index (χ0n) is 10.8. The third-order valence-corrected chi connectivity index (χ3v) is 4.64. The quantitative estimate of drug-likeness (QED) is 0.786.